The van der Waals surface area contributed by atoms with Crippen molar-refractivity contribution >= 4 is 0 Å². The predicted octanol–water partition coefficient (Wildman–Crippen LogP) is 4.34. The zero-order valence-corrected chi connectivity index (χ0v) is 14.0. The summed E-state index contributed by atoms with van der Waals surface area (Å²) in [5.74, 6) is -0.226. The van der Waals surface area contributed by atoms with E-state index in [4.69, 9.17) is 0 Å². The van der Waals surface area contributed by atoms with Crippen molar-refractivity contribution < 1.29 is 9.50 Å². The van der Waals surface area contributed by atoms with Gasteiger partial charge in [-0.05, 0) is 56.9 Å². The number of benzene rings is 1. The number of hydrogen-bond donors (Lipinski definition) is 1. The summed E-state index contributed by atoms with van der Waals surface area (Å²) in [4.78, 5) is 2.38. The highest BCUT2D eigenvalue weighted by Crippen LogP contribution is 2.44. The molecule has 3 heteroatoms. The Morgan fingerprint density at radius 3 is 2.64 bits per heavy atom. The highest BCUT2D eigenvalue weighted by Gasteiger charge is 2.40. The molecule has 1 aromatic carbocycles. The molecule has 2 atom stereocenters. The Morgan fingerprint density at radius 1 is 1.23 bits per heavy atom. The number of halogens is 1. The molecule has 0 amide bonds. The Kier molecular flexibility index (Phi) is 6.39. The van der Waals surface area contributed by atoms with Gasteiger partial charge in [0, 0.05) is 5.92 Å². The van der Waals surface area contributed by atoms with Crippen molar-refractivity contribution in [2.45, 2.75) is 63.9 Å². The molecule has 0 bridgehead atoms. The van der Waals surface area contributed by atoms with Crippen molar-refractivity contribution in [1.29, 1.82) is 0 Å². The van der Waals surface area contributed by atoms with Crippen LogP contribution in [-0.2, 0) is 0 Å². The first-order chi connectivity index (χ1) is 10.6. The van der Waals surface area contributed by atoms with Gasteiger partial charge in [0.15, 0.2) is 0 Å². The van der Waals surface area contributed by atoms with Gasteiger partial charge in [-0.2, -0.15) is 0 Å². The second kappa shape index (κ2) is 8.07. The Morgan fingerprint density at radius 2 is 1.95 bits per heavy atom. The fourth-order valence-electron chi connectivity index (χ4n) is 3.87. The van der Waals surface area contributed by atoms with Crippen LogP contribution in [0.3, 0.4) is 0 Å². The largest absolute Gasteiger partial charge is 0.389 e. The van der Waals surface area contributed by atoms with Crippen molar-refractivity contribution in [2.75, 3.05) is 19.6 Å². The molecule has 2 nitrogen and oxygen atoms in total. The summed E-state index contributed by atoms with van der Waals surface area (Å²) in [7, 11) is 0. The summed E-state index contributed by atoms with van der Waals surface area (Å²) in [6, 6.07) is 6.96. The third kappa shape index (κ3) is 4.08. The number of nitrogens with zero attached hydrogens (tertiary/aromatic N) is 1. The standard InChI is InChI=1S/C19H30FNO/c1-3-21(4-2)15-9-14-19(22)13-8-7-11-17(19)16-10-5-6-12-18(16)20/h5-6,10,12,17,22H,3-4,7-9,11,13-15H2,1-2H3/t17-,19+/m0/s1. The molecule has 0 aliphatic heterocycles. The first-order valence-corrected chi connectivity index (χ1v) is 8.80. The van der Waals surface area contributed by atoms with E-state index in [2.05, 4.69) is 18.7 Å². The van der Waals surface area contributed by atoms with Crippen molar-refractivity contribution in [3.05, 3.63) is 35.6 Å². The van der Waals surface area contributed by atoms with Crippen LogP contribution in [0.15, 0.2) is 24.3 Å². The zero-order chi connectivity index (χ0) is 16.0. The Balaban J connectivity index is 2.06. The van der Waals surface area contributed by atoms with Gasteiger partial charge in [-0.3, -0.25) is 0 Å². The second-order valence-electron chi connectivity index (χ2n) is 6.55. The lowest BCUT2D eigenvalue weighted by molar-refractivity contribution is -0.0284. The highest BCUT2D eigenvalue weighted by atomic mass is 19.1. The van der Waals surface area contributed by atoms with Crippen LogP contribution in [0.2, 0.25) is 0 Å². The van der Waals surface area contributed by atoms with E-state index >= 15 is 0 Å². The highest BCUT2D eigenvalue weighted by molar-refractivity contribution is 5.25. The van der Waals surface area contributed by atoms with Crippen LogP contribution in [0.4, 0.5) is 4.39 Å². The molecule has 1 aromatic rings. The summed E-state index contributed by atoms with van der Waals surface area (Å²) in [5.41, 5.74) is -0.0410. The molecule has 0 radical (unpaired) electrons. The monoisotopic (exact) mass is 307 g/mol. The average Bonchev–Trinajstić information content (AvgIpc) is 2.53. The molecule has 1 saturated carbocycles. The van der Waals surface area contributed by atoms with E-state index in [9.17, 15) is 9.50 Å². The quantitative estimate of drug-likeness (QED) is 0.810. The van der Waals surface area contributed by atoms with Crippen LogP contribution >= 0.6 is 0 Å². The van der Waals surface area contributed by atoms with Crippen LogP contribution < -0.4 is 0 Å². The molecule has 2 rings (SSSR count). The molecule has 124 valence electrons. The Labute approximate surface area is 134 Å². The van der Waals surface area contributed by atoms with E-state index < -0.39 is 5.60 Å². The first-order valence-electron chi connectivity index (χ1n) is 8.80. The fraction of sp³-hybridized carbons (Fsp3) is 0.684. The van der Waals surface area contributed by atoms with E-state index in [1.807, 2.05) is 12.1 Å². The van der Waals surface area contributed by atoms with Gasteiger partial charge in [0.05, 0.1) is 5.60 Å². The lowest BCUT2D eigenvalue weighted by Gasteiger charge is -2.41. The number of rotatable bonds is 7. The molecule has 1 N–H and O–H groups in total. The van der Waals surface area contributed by atoms with Crippen LogP contribution in [-0.4, -0.2) is 35.2 Å². The molecule has 0 unspecified atom stereocenters. The molecule has 0 saturated heterocycles. The third-order valence-corrected chi connectivity index (χ3v) is 5.26. The molecule has 0 heterocycles. The molecular formula is C19H30FNO. The second-order valence-corrected chi connectivity index (χ2v) is 6.55. The van der Waals surface area contributed by atoms with Crippen LogP contribution in [0.5, 0.6) is 0 Å². The zero-order valence-electron chi connectivity index (χ0n) is 14.0. The van der Waals surface area contributed by atoms with E-state index in [1.165, 1.54) is 6.07 Å². The van der Waals surface area contributed by atoms with E-state index in [0.29, 0.717) is 5.56 Å². The molecule has 0 spiro atoms. The van der Waals surface area contributed by atoms with Gasteiger partial charge in [-0.25, -0.2) is 4.39 Å². The van der Waals surface area contributed by atoms with Crippen molar-refractivity contribution in [2.24, 2.45) is 0 Å². The van der Waals surface area contributed by atoms with Crippen LogP contribution in [0.1, 0.15) is 63.9 Å². The molecule has 1 aliphatic rings. The lowest BCUT2D eigenvalue weighted by atomic mass is 9.70. The maximum Gasteiger partial charge on any atom is 0.126 e. The minimum atomic E-state index is -0.742. The predicted molar refractivity (Wildman–Crippen MR) is 89.6 cm³/mol. The van der Waals surface area contributed by atoms with Gasteiger partial charge in [0.2, 0.25) is 0 Å². The van der Waals surface area contributed by atoms with E-state index in [-0.39, 0.29) is 11.7 Å². The van der Waals surface area contributed by atoms with Gasteiger partial charge in [-0.15, -0.1) is 0 Å². The topological polar surface area (TPSA) is 23.5 Å². The average molecular weight is 307 g/mol. The first kappa shape index (κ1) is 17.4. The summed E-state index contributed by atoms with van der Waals surface area (Å²) in [5, 5.41) is 11.2. The van der Waals surface area contributed by atoms with Crippen molar-refractivity contribution in [1.82, 2.24) is 4.90 Å². The van der Waals surface area contributed by atoms with Crippen molar-refractivity contribution in [3.63, 3.8) is 0 Å². The maximum atomic E-state index is 14.2. The number of hydrogen-bond acceptors (Lipinski definition) is 2. The molecule has 1 fully saturated rings. The SMILES string of the molecule is CCN(CC)CCC[C@]1(O)CCCC[C@H]1c1ccccc1F. The van der Waals surface area contributed by atoms with E-state index in [0.717, 1.165) is 58.2 Å². The van der Waals surface area contributed by atoms with Gasteiger partial charge >= 0.3 is 0 Å². The molecule has 1 aliphatic carbocycles. The summed E-state index contributed by atoms with van der Waals surface area (Å²) < 4.78 is 14.2. The van der Waals surface area contributed by atoms with Gasteiger partial charge in [-0.1, -0.05) is 44.9 Å². The number of aliphatic hydroxyl groups is 1. The minimum absolute atomic E-state index is 0.0563. The molecule has 0 aromatic heterocycles. The molecular weight excluding hydrogens is 277 g/mol. The lowest BCUT2D eigenvalue weighted by Crippen LogP contribution is -2.40. The Bertz CT molecular complexity index is 461. The summed E-state index contributed by atoms with van der Waals surface area (Å²) in [6.45, 7) is 7.44. The van der Waals surface area contributed by atoms with Crippen molar-refractivity contribution in [3.8, 4) is 0 Å². The van der Waals surface area contributed by atoms with Gasteiger partial charge in [0.25, 0.3) is 0 Å². The van der Waals surface area contributed by atoms with E-state index in [1.54, 1.807) is 6.07 Å². The Hall–Kier alpha value is -0.930. The van der Waals surface area contributed by atoms with Gasteiger partial charge in [0.1, 0.15) is 5.82 Å². The third-order valence-electron chi connectivity index (χ3n) is 5.26. The fourth-order valence-corrected chi connectivity index (χ4v) is 3.87. The van der Waals surface area contributed by atoms with Gasteiger partial charge < -0.3 is 10.0 Å². The summed E-state index contributed by atoms with van der Waals surface area (Å²) >= 11 is 0. The normalized spacial score (nSPS) is 25.6. The molecule has 22 heavy (non-hydrogen) atoms. The van der Waals surface area contributed by atoms with Crippen LogP contribution in [0.25, 0.3) is 0 Å². The summed E-state index contributed by atoms with van der Waals surface area (Å²) in [6.07, 6.45) is 5.56. The smallest absolute Gasteiger partial charge is 0.126 e. The minimum Gasteiger partial charge on any atom is -0.389 e. The van der Waals surface area contributed by atoms with Crippen LogP contribution in [0, 0.1) is 5.82 Å². The maximum absolute atomic E-state index is 14.2.